The summed E-state index contributed by atoms with van der Waals surface area (Å²) in [7, 11) is 0. The predicted octanol–water partition coefficient (Wildman–Crippen LogP) is 5.74. The van der Waals surface area contributed by atoms with Crippen LogP contribution in [-0.4, -0.2) is 34.1 Å². The van der Waals surface area contributed by atoms with Crippen LogP contribution >= 0.6 is 0 Å². The van der Waals surface area contributed by atoms with Crippen LogP contribution in [0.3, 0.4) is 0 Å². The minimum Gasteiger partial charge on any atom is -0.406 e. The number of ether oxygens (including phenoxy) is 1. The SMILES string of the molecule is C[C@H](CO)Nc1nc(Nc2c(F)cccc2C(F)(F)F)cc(-c2cccc(OC(F)(F)F)c2)n1. The number of nitrogens with one attached hydrogen (secondary N) is 2. The van der Waals surface area contributed by atoms with Gasteiger partial charge in [-0.25, -0.2) is 9.37 Å². The van der Waals surface area contributed by atoms with E-state index < -0.39 is 41.4 Å². The van der Waals surface area contributed by atoms with Crippen LogP contribution in [-0.2, 0) is 6.18 Å². The summed E-state index contributed by atoms with van der Waals surface area (Å²) >= 11 is 0. The van der Waals surface area contributed by atoms with Gasteiger partial charge in [0.2, 0.25) is 5.95 Å². The highest BCUT2D eigenvalue weighted by Crippen LogP contribution is 2.38. The van der Waals surface area contributed by atoms with Gasteiger partial charge in [0.05, 0.1) is 23.6 Å². The topological polar surface area (TPSA) is 79.3 Å². The Labute approximate surface area is 188 Å². The molecule has 0 saturated heterocycles. The van der Waals surface area contributed by atoms with Crippen LogP contribution in [0, 0.1) is 5.82 Å². The summed E-state index contributed by atoms with van der Waals surface area (Å²) in [5.41, 5.74) is -2.08. The lowest BCUT2D eigenvalue weighted by Gasteiger charge is -2.17. The number of hydrogen-bond donors (Lipinski definition) is 3. The second-order valence-corrected chi connectivity index (χ2v) is 7.05. The Kier molecular flexibility index (Phi) is 7.15. The second-order valence-electron chi connectivity index (χ2n) is 7.05. The predicted molar refractivity (Wildman–Crippen MR) is 109 cm³/mol. The molecule has 1 heterocycles. The molecule has 1 aromatic heterocycles. The van der Waals surface area contributed by atoms with Crippen molar-refractivity contribution in [2.45, 2.75) is 25.5 Å². The smallest absolute Gasteiger partial charge is 0.406 e. The number of nitrogens with zero attached hydrogens (tertiary/aromatic N) is 2. The van der Waals surface area contributed by atoms with Gasteiger partial charge in [-0.3, -0.25) is 0 Å². The van der Waals surface area contributed by atoms with Crippen molar-refractivity contribution >= 4 is 17.5 Å². The van der Waals surface area contributed by atoms with E-state index in [1.807, 2.05) is 0 Å². The lowest BCUT2D eigenvalue weighted by molar-refractivity contribution is -0.274. The van der Waals surface area contributed by atoms with Gasteiger partial charge in [0.25, 0.3) is 0 Å². The Balaban J connectivity index is 2.08. The number of rotatable bonds is 7. The van der Waals surface area contributed by atoms with Crippen LogP contribution in [0.25, 0.3) is 11.3 Å². The zero-order valence-electron chi connectivity index (χ0n) is 17.3. The van der Waals surface area contributed by atoms with Crippen molar-refractivity contribution in [1.82, 2.24) is 9.97 Å². The van der Waals surface area contributed by atoms with Crippen LogP contribution in [0.5, 0.6) is 5.75 Å². The van der Waals surface area contributed by atoms with Crippen molar-refractivity contribution in [3.05, 3.63) is 59.9 Å². The summed E-state index contributed by atoms with van der Waals surface area (Å²) in [6.45, 7) is 1.20. The minimum absolute atomic E-state index is 0.0114. The molecule has 0 unspecified atom stereocenters. The molecule has 0 bridgehead atoms. The fourth-order valence-electron chi connectivity index (χ4n) is 2.86. The fraction of sp³-hybridized carbons (Fsp3) is 0.238. The van der Waals surface area contributed by atoms with Gasteiger partial charge in [-0.2, -0.15) is 18.2 Å². The first-order chi connectivity index (χ1) is 15.9. The van der Waals surface area contributed by atoms with Gasteiger partial charge in [-0.05, 0) is 31.2 Å². The number of halogens is 7. The summed E-state index contributed by atoms with van der Waals surface area (Å²) in [5, 5.41) is 14.2. The monoisotopic (exact) mass is 490 g/mol. The first-order valence-electron chi connectivity index (χ1n) is 9.61. The van der Waals surface area contributed by atoms with E-state index in [0.29, 0.717) is 6.07 Å². The van der Waals surface area contributed by atoms with E-state index in [4.69, 9.17) is 0 Å². The molecule has 0 spiro atoms. The molecule has 6 nitrogen and oxygen atoms in total. The molecule has 0 aliphatic heterocycles. The molecule has 2 aromatic carbocycles. The lowest BCUT2D eigenvalue weighted by atomic mass is 10.1. The Hall–Kier alpha value is -3.61. The molecule has 0 aliphatic rings. The molecule has 0 aliphatic carbocycles. The molecule has 0 saturated carbocycles. The Morgan fingerprint density at radius 1 is 1.00 bits per heavy atom. The third kappa shape index (κ3) is 6.47. The molecule has 0 fully saturated rings. The van der Waals surface area contributed by atoms with E-state index >= 15 is 0 Å². The molecule has 1 atom stereocenters. The van der Waals surface area contributed by atoms with Crippen LogP contribution < -0.4 is 15.4 Å². The van der Waals surface area contributed by atoms with Crippen molar-refractivity contribution in [2.24, 2.45) is 0 Å². The summed E-state index contributed by atoms with van der Waals surface area (Å²) < 4.78 is 96.0. The largest absolute Gasteiger partial charge is 0.573 e. The number of aromatic nitrogens is 2. The number of anilines is 3. The summed E-state index contributed by atoms with van der Waals surface area (Å²) in [5.74, 6) is -2.21. The average Bonchev–Trinajstić information content (AvgIpc) is 2.73. The Morgan fingerprint density at radius 2 is 1.71 bits per heavy atom. The van der Waals surface area contributed by atoms with Gasteiger partial charge < -0.3 is 20.5 Å². The maximum Gasteiger partial charge on any atom is 0.573 e. The average molecular weight is 490 g/mol. The Morgan fingerprint density at radius 3 is 2.35 bits per heavy atom. The molecule has 0 amide bonds. The van der Waals surface area contributed by atoms with Gasteiger partial charge >= 0.3 is 12.5 Å². The summed E-state index contributed by atoms with van der Waals surface area (Å²) in [6, 6.07) is 7.67. The number of hydrogen-bond acceptors (Lipinski definition) is 6. The lowest BCUT2D eigenvalue weighted by Crippen LogP contribution is -2.21. The molecule has 182 valence electrons. The van der Waals surface area contributed by atoms with Gasteiger partial charge in [0, 0.05) is 17.7 Å². The molecule has 3 rings (SSSR count). The summed E-state index contributed by atoms with van der Waals surface area (Å²) in [4.78, 5) is 8.14. The van der Waals surface area contributed by atoms with Crippen LogP contribution in [0.4, 0.5) is 48.2 Å². The molecule has 34 heavy (non-hydrogen) atoms. The van der Waals surface area contributed by atoms with Gasteiger partial charge in [-0.1, -0.05) is 18.2 Å². The standard InChI is InChI=1S/C21H17F7N4O2/c1-11(10-33)29-19-30-16(12-4-2-5-13(8-12)34-21(26,27)28)9-17(32-19)31-18-14(20(23,24)25)6-3-7-15(18)22/h2-9,11,33H,10H2,1H3,(H2,29,30,31,32)/t11-/m1/s1. The quantitative estimate of drug-likeness (QED) is 0.367. The van der Waals surface area contributed by atoms with Crippen LogP contribution in [0.2, 0.25) is 0 Å². The Bertz CT molecular complexity index is 1150. The third-order valence-corrected chi connectivity index (χ3v) is 4.31. The third-order valence-electron chi connectivity index (χ3n) is 4.31. The number of aliphatic hydroxyl groups is 1. The molecule has 0 radical (unpaired) electrons. The van der Waals surface area contributed by atoms with Crippen molar-refractivity contribution in [3.63, 3.8) is 0 Å². The van der Waals surface area contributed by atoms with E-state index in [1.54, 1.807) is 6.92 Å². The van der Waals surface area contributed by atoms with Gasteiger partial charge in [-0.15, -0.1) is 13.2 Å². The first kappa shape index (κ1) is 25.0. The molecule has 3 aromatic rings. The second kappa shape index (κ2) is 9.71. The number of benzene rings is 2. The van der Waals surface area contributed by atoms with E-state index in [0.717, 1.165) is 30.3 Å². The van der Waals surface area contributed by atoms with Crippen molar-refractivity contribution in [2.75, 3.05) is 17.2 Å². The minimum atomic E-state index is -4.95. The van der Waals surface area contributed by atoms with Gasteiger partial charge in [0.1, 0.15) is 17.4 Å². The highest BCUT2D eigenvalue weighted by molar-refractivity contribution is 5.70. The number of aliphatic hydroxyl groups excluding tert-OH is 1. The van der Waals surface area contributed by atoms with Crippen molar-refractivity contribution in [1.29, 1.82) is 0 Å². The first-order valence-corrected chi connectivity index (χ1v) is 9.61. The van der Waals surface area contributed by atoms with Crippen LogP contribution in [0.15, 0.2) is 48.5 Å². The normalized spacial score (nSPS) is 12.9. The zero-order valence-corrected chi connectivity index (χ0v) is 17.3. The maximum absolute atomic E-state index is 14.3. The van der Waals surface area contributed by atoms with Gasteiger partial charge in [0.15, 0.2) is 0 Å². The highest BCUT2D eigenvalue weighted by Gasteiger charge is 2.35. The maximum atomic E-state index is 14.3. The van der Waals surface area contributed by atoms with Crippen molar-refractivity contribution < 1.29 is 40.6 Å². The van der Waals surface area contributed by atoms with Crippen LogP contribution in [0.1, 0.15) is 12.5 Å². The van der Waals surface area contributed by atoms with E-state index in [9.17, 15) is 35.8 Å². The van der Waals surface area contributed by atoms with E-state index in [2.05, 4.69) is 25.3 Å². The number of para-hydroxylation sites is 1. The molecular weight excluding hydrogens is 473 g/mol. The number of alkyl halides is 6. The molecular formula is C21H17F7N4O2. The highest BCUT2D eigenvalue weighted by atomic mass is 19.4. The summed E-state index contributed by atoms with van der Waals surface area (Å²) in [6.07, 6.45) is -9.82. The van der Waals surface area contributed by atoms with E-state index in [1.165, 1.54) is 12.1 Å². The molecule has 13 heteroatoms. The van der Waals surface area contributed by atoms with E-state index in [-0.39, 0.29) is 29.6 Å². The fourth-order valence-corrected chi connectivity index (χ4v) is 2.86. The van der Waals surface area contributed by atoms with Crippen molar-refractivity contribution in [3.8, 4) is 17.0 Å². The zero-order chi connectivity index (χ0) is 25.1. The molecule has 3 N–H and O–H groups in total.